The van der Waals surface area contributed by atoms with Gasteiger partial charge in [-0.15, -0.1) is 0 Å². The predicted octanol–water partition coefficient (Wildman–Crippen LogP) is 3.28. The Morgan fingerprint density at radius 3 is 2.63 bits per heavy atom. The van der Waals surface area contributed by atoms with Crippen molar-refractivity contribution in [1.82, 2.24) is 4.98 Å². The fraction of sp³-hybridized carbons (Fsp3) is 0.143. The van der Waals surface area contributed by atoms with E-state index in [1.807, 2.05) is 6.92 Å². The third kappa shape index (κ3) is 2.88. The third-order valence-corrected chi connectivity index (χ3v) is 2.70. The van der Waals surface area contributed by atoms with Crippen LogP contribution in [-0.4, -0.2) is 16.1 Å². The minimum atomic E-state index is -1.03. The minimum Gasteiger partial charge on any atom is -0.478 e. The van der Waals surface area contributed by atoms with E-state index in [1.54, 1.807) is 19.1 Å². The standard InChI is InChI=1S/C14H13FN2O2/c1-8-3-5-11(15)12(7-8)17-13-6-4-10(14(18)19)9(2)16-13/h3-7H,1-2H3,(H,16,17)(H,18,19). The highest BCUT2D eigenvalue weighted by molar-refractivity contribution is 5.89. The number of pyridine rings is 1. The maximum absolute atomic E-state index is 13.6. The average molecular weight is 260 g/mol. The molecule has 0 amide bonds. The van der Waals surface area contributed by atoms with Gasteiger partial charge in [0.2, 0.25) is 0 Å². The number of nitrogens with zero attached hydrogens (tertiary/aromatic N) is 1. The van der Waals surface area contributed by atoms with Crippen molar-refractivity contribution < 1.29 is 14.3 Å². The number of anilines is 2. The van der Waals surface area contributed by atoms with Crippen LogP contribution in [0.25, 0.3) is 0 Å². The fourth-order valence-corrected chi connectivity index (χ4v) is 1.73. The van der Waals surface area contributed by atoms with Crippen molar-refractivity contribution in [2.45, 2.75) is 13.8 Å². The van der Waals surface area contributed by atoms with Crippen LogP contribution in [0.2, 0.25) is 0 Å². The summed E-state index contributed by atoms with van der Waals surface area (Å²) in [6, 6.07) is 7.67. The van der Waals surface area contributed by atoms with Gasteiger partial charge in [0, 0.05) is 0 Å². The van der Waals surface area contributed by atoms with E-state index in [9.17, 15) is 9.18 Å². The van der Waals surface area contributed by atoms with E-state index in [4.69, 9.17) is 5.11 Å². The number of halogens is 1. The summed E-state index contributed by atoms with van der Waals surface area (Å²) in [5.41, 5.74) is 1.75. The number of carbonyl (C=O) groups is 1. The van der Waals surface area contributed by atoms with Gasteiger partial charge in [0.15, 0.2) is 0 Å². The highest BCUT2D eigenvalue weighted by Gasteiger charge is 2.09. The van der Waals surface area contributed by atoms with Crippen molar-refractivity contribution in [3.05, 3.63) is 53.0 Å². The third-order valence-electron chi connectivity index (χ3n) is 2.70. The van der Waals surface area contributed by atoms with Crippen LogP contribution in [0.4, 0.5) is 15.9 Å². The second-order valence-corrected chi connectivity index (χ2v) is 4.24. The summed E-state index contributed by atoms with van der Waals surface area (Å²) < 4.78 is 13.6. The lowest BCUT2D eigenvalue weighted by Gasteiger charge is -2.09. The Morgan fingerprint density at radius 2 is 2.00 bits per heavy atom. The van der Waals surface area contributed by atoms with Gasteiger partial charge in [-0.25, -0.2) is 14.2 Å². The summed E-state index contributed by atoms with van der Waals surface area (Å²) in [6.45, 7) is 3.46. The molecule has 0 saturated carbocycles. The molecule has 5 heteroatoms. The first-order chi connectivity index (χ1) is 8.97. The zero-order valence-electron chi connectivity index (χ0n) is 10.6. The van der Waals surface area contributed by atoms with Crippen LogP contribution in [0.3, 0.4) is 0 Å². The molecule has 1 heterocycles. The summed E-state index contributed by atoms with van der Waals surface area (Å²) in [7, 11) is 0. The molecule has 0 fully saturated rings. The average Bonchev–Trinajstić information content (AvgIpc) is 2.33. The molecule has 19 heavy (non-hydrogen) atoms. The maximum Gasteiger partial charge on any atom is 0.337 e. The molecule has 2 N–H and O–H groups in total. The zero-order chi connectivity index (χ0) is 14.0. The number of nitrogens with one attached hydrogen (secondary N) is 1. The smallest absolute Gasteiger partial charge is 0.337 e. The van der Waals surface area contributed by atoms with Crippen molar-refractivity contribution in [2.24, 2.45) is 0 Å². The van der Waals surface area contributed by atoms with E-state index in [0.717, 1.165) is 5.56 Å². The van der Waals surface area contributed by atoms with E-state index in [0.29, 0.717) is 17.2 Å². The molecule has 0 atom stereocenters. The van der Waals surface area contributed by atoms with Gasteiger partial charge in [0.25, 0.3) is 0 Å². The largest absolute Gasteiger partial charge is 0.478 e. The molecule has 2 aromatic rings. The minimum absolute atomic E-state index is 0.135. The Bertz CT molecular complexity index is 641. The van der Waals surface area contributed by atoms with Crippen LogP contribution in [0.15, 0.2) is 30.3 Å². The fourth-order valence-electron chi connectivity index (χ4n) is 1.73. The molecule has 0 radical (unpaired) electrons. The van der Waals surface area contributed by atoms with Gasteiger partial charge < -0.3 is 10.4 Å². The van der Waals surface area contributed by atoms with Gasteiger partial charge in [-0.3, -0.25) is 0 Å². The number of carboxylic acids is 1. The first-order valence-electron chi connectivity index (χ1n) is 5.71. The van der Waals surface area contributed by atoms with Gasteiger partial charge >= 0.3 is 5.97 Å². The molecular weight excluding hydrogens is 247 g/mol. The highest BCUT2D eigenvalue weighted by Crippen LogP contribution is 2.21. The van der Waals surface area contributed by atoms with Crippen molar-refractivity contribution in [3.63, 3.8) is 0 Å². The molecule has 4 nitrogen and oxygen atoms in total. The molecule has 0 aliphatic carbocycles. The lowest BCUT2D eigenvalue weighted by molar-refractivity contribution is 0.0695. The summed E-state index contributed by atoms with van der Waals surface area (Å²) in [4.78, 5) is 15.0. The summed E-state index contributed by atoms with van der Waals surface area (Å²) in [5.74, 6) is -1.00. The SMILES string of the molecule is Cc1ccc(F)c(Nc2ccc(C(=O)O)c(C)n2)c1. The lowest BCUT2D eigenvalue weighted by Crippen LogP contribution is -2.04. The summed E-state index contributed by atoms with van der Waals surface area (Å²) >= 11 is 0. The zero-order valence-corrected chi connectivity index (χ0v) is 10.6. The second kappa shape index (κ2) is 5.06. The molecule has 2 rings (SSSR count). The molecule has 0 aliphatic rings. The van der Waals surface area contributed by atoms with Gasteiger partial charge in [-0.2, -0.15) is 0 Å². The second-order valence-electron chi connectivity index (χ2n) is 4.24. The van der Waals surface area contributed by atoms with Crippen molar-refractivity contribution in [2.75, 3.05) is 5.32 Å². The normalized spacial score (nSPS) is 10.3. The van der Waals surface area contributed by atoms with Crippen LogP contribution in [0, 0.1) is 19.7 Å². The first-order valence-corrected chi connectivity index (χ1v) is 5.71. The van der Waals surface area contributed by atoms with E-state index < -0.39 is 5.97 Å². The monoisotopic (exact) mass is 260 g/mol. The molecule has 0 spiro atoms. The van der Waals surface area contributed by atoms with Crippen molar-refractivity contribution in [1.29, 1.82) is 0 Å². The van der Waals surface area contributed by atoms with Gasteiger partial charge in [-0.1, -0.05) is 6.07 Å². The van der Waals surface area contributed by atoms with Gasteiger partial charge in [0.05, 0.1) is 16.9 Å². The number of hydrogen-bond donors (Lipinski definition) is 2. The Hall–Kier alpha value is -2.43. The molecule has 0 bridgehead atoms. The molecule has 0 saturated heterocycles. The van der Waals surface area contributed by atoms with Crippen LogP contribution in [0.5, 0.6) is 0 Å². The predicted molar refractivity (Wildman–Crippen MR) is 70.4 cm³/mol. The van der Waals surface area contributed by atoms with E-state index >= 15 is 0 Å². The molecular formula is C14H13FN2O2. The van der Waals surface area contributed by atoms with Gasteiger partial charge in [0.1, 0.15) is 11.6 Å². The van der Waals surface area contributed by atoms with Crippen LogP contribution < -0.4 is 5.32 Å². The summed E-state index contributed by atoms with van der Waals surface area (Å²) in [5, 5.41) is 11.7. The number of aryl methyl sites for hydroxylation is 2. The number of hydrogen-bond acceptors (Lipinski definition) is 3. The lowest BCUT2D eigenvalue weighted by atomic mass is 10.2. The molecule has 0 aliphatic heterocycles. The topological polar surface area (TPSA) is 62.2 Å². The molecule has 0 unspecified atom stereocenters. The number of aromatic nitrogens is 1. The number of carboxylic acid groups (broad SMARTS) is 1. The maximum atomic E-state index is 13.6. The van der Waals surface area contributed by atoms with Crippen LogP contribution in [-0.2, 0) is 0 Å². The van der Waals surface area contributed by atoms with Gasteiger partial charge in [-0.05, 0) is 43.7 Å². The quantitative estimate of drug-likeness (QED) is 0.889. The van der Waals surface area contributed by atoms with Crippen molar-refractivity contribution in [3.8, 4) is 0 Å². The Morgan fingerprint density at radius 1 is 1.26 bits per heavy atom. The van der Waals surface area contributed by atoms with E-state index in [2.05, 4.69) is 10.3 Å². The van der Waals surface area contributed by atoms with E-state index in [1.165, 1.54) is 18.2 Å². The van der Waals surface area contributed by atoms with E-state index in [-0.39, 0.29) is 11.4 Å². The number of rotatable bonds is 3. The molecule has 98 valence electrons. The van der Waals surface area contributed by atoms with Crippen LogP contribution in [0.1, 0.15) is 21.6 Å². The summed E-state index contributed by atoms with van der Waals surface area (Å²) in [6.07, 6.45) is 0. The van der Waals surface area contributed by atoms with Crippen LogP contribution >= 0.6 is 0 Å². The number of aromatic carboxylic acids is 1. The Balaban J connectivity index is 2.31. The first kappa shape index (κ1) is 13.0. The molecule has 1 aromatic heterocycles. The highest BCUT2D eigenvalue weighted by atomic mass is 19.1. The molecule has 1 aromatic carbocycles. The Kier molecular flexibility index (Phi) is 3.46. The Labute approximate surface area is 109 Å². The van der Waals surface area contributed by atoms with Crippen molar-refractivity contribution >= 4 is 17.5 Å². The number of benzene rings is 1.